The van der Waals surface area contributed by atoms with E-state index in [2.05, 4.69) is 42.1 Å². The van der Waals surface area contributed by atoms with E-state index in [0.29, 0.717) is 0 Å². The Bertz CT molecular complexity index is 291. The molecule has 0 aliphatic rings. The SMILES string of the molecule is CC#[N+]Cc1cccc(C)c1. The van der Waals surface area contributed by atoms with Crippen LogP contribution in [0.4, 0.5) is 0 Å². The van der Waals surface area contributed by atoms with E-state index in [1.54, 1.807) is 0 Å². The van der Waals surface area contributed by atoms with Crippen LogP contribution < -0.4 is 0 Å². The van der Waals surface area contributed by atoms with Gasteiger partial charge in [0, 0.05) is 5.56 Å². The van der Waals surface area contributed by atoms with Gasteiger partial charge in [0.1, 0.15) is 0 Å². The number of aryl methyl sites for hydroxylation is 1. The van der Waals surface area contributed by atoms with Crippen molar-refractivity contribution in [2.24, 2.45) is 0 Å². The number of hydrogen-bond donors (Lipinski definition) is 0. The summed E-state index contributed by atoms with van der Waals surface area (Å²) in [6, 6.07) is 11.1. The zero-order valence-electron chi connectivity index (χ0n) is 6.96. The lowest BCUT2D eigenvalue weighted by Gasteiger charge is -1.90. The van der Waals surface area contributed by atoms with Gasteiger partial charge in [-0.2, -0.15) is 0 Å². The predicted octanol–water partition coefficient (Wildman–Crippen LogP) is 2.85. The van der Waals surface area contributed by atoms with Gasteiger partial charge >= 0.3 is 0 Å². The van der Waals surface area contributed by atoms with Gasteiger partial charge in [-0.25, -0.2) is 0 Å². The maximum absolute atomic E-state index is 4.03. The Morgan fingerprint density at radius 2 is 2.27 bits per heavy atom. The summed E-state index contributed by atoms with van der Waals surface area (Å²) in [7, 11) is 0. The zero-order chi connectivity index (χ0) is 8.10. The fourth-order valence-corrected chi connectivity index (χ4v) is 0.981. The van der Waals surface area contributed by atoms with Crippen molar-refractivity contribution in [3.05, 3.63) is 40.2 Å². The molecule has 0 N–H and O–H groups in total. The third-order valence-corrected chi connectivity index (χ3v) is 1.50. The lowest BCUT2D eigenvalue weighted by molar-refractivity contribution is 1.24. The highest BCUT2D eigenvalue weighted by molar-refractivity contribution is 5.23. The summed E-state index contributed by atoms with van der Waals surface area (Å²) in [5.41, 5.74) is 2.54. The fraction of sp³-hybridized carbons (Fsp3) is 0.300. The maximum Gasteiger partial charge on any atom is 0.288 e. The van der Waals surface area contributed by atoms with Crippen molar-refractivity contribution in [1.29, 1.82) is 0 Å². The van der Waals surface area contributed by atoms with Crippen molar-refractivity contribution in [2.45, 2.75) is 20.4 Å². The molecule has 0 aliphatic heterocycles. The molecule has 0 saturated heterocycles. The molecule has 56 valence electrons. The van der Waals surface area contributed by atoms with Gasteiger partial charge in [-0.3, -0.25) is 0 Å². The normalized spacial score (nSPS) is 8.55. The number of hydrogen-bond acceptors (Lipinski definition) is 0. The van der Waals surface area contributed by atoms with Crippen LogP contribution in [0.2, 0.25) is 0 Å². The highest BCUT2D eigenvalue weighted by Crippen LogP contribution is 2.04. The van der Waals surface area contributed by atoms with Crippen LogP contribution in [0.3, 0.4) is 0 Å². The van der Waals surface area contributed by atoms with Crippen LogP contribution in [0, 0.1) is 13.0 Å². The number of rotatable bonds is 1. The van der Waals surface area contributed by atoms with Gasteiger partial charge in [-0.1, -0.05) is 28.6 Å². The molecule has 0 atom stereocenters. The minimum absolute atomic E-state index is 0.748. The monoisotopic (exact) mass is 146 g/mol. The topological polar surface area (TPSA) is 4.36 Å². The van der Waals surface area contributed by atoms with E-state index in [0.717, 1.165) is 6.54 Å². The Hall–Kier alpha value is -1.29. The van der Waals surface area contributed by atoms with E-state index < -0.39 is 0 Å². The molecular weight excluding hydrogens is 134 g/mol. The van der Waals surface area contributed by atoms with E-state index in [1.807, 2.05) is 6.92 Å². The Morgan fingerprint density at radius 3 is 2.91 bits per heavy atom. The van der Waals surface area contributed by atoms with Crippen molar-refractivity contribution in [1.82, 2.24) is 0 Å². The van der Waals surface area contributed by atoms with Crippen molar-refractivity contribution < 1.29 is 0 Å². The quantitative estimate of drug-likeness (QED) is 0.573. The first kappa shape index (κ1) is 7.81. The highest BCUT2D eigenvalue weighted by Gasteiger charge is 1.95. The average Bonchev–Trinajstić information content (AvgIpc) is 2.01. The standard InChI is InChI=1S/C10H12N/c1-3-11-8-10-6-4-5-9(2)7-10/h4-7H,8H2,1-2H3/q+1. The lowest BCUT2D eigenvalue weighted by atomic mass is 10.1. The summed E-state index contributed by atoms with van der Waals surface area (Å²) in [4.78, 5) is 4.03. The van der Waals surface area contributed by atoms with Crippen molar-refractivity contribution >= 4 is 0 Å². The Labute approximate surface area is 67.5 Å². The van der Waals surface area contributed by atoms with E-state index in [-0.39, 0.29) is 0 Å². The van der Waals surface area contributed by atoms with E-state index in [9.17, 15) is 0 Å². The summed E-state index contributed by atoms with van der Waals surface area (Å²) in [6.07, 6.45) is 0. The minimum atomic E-state index is 0.748. The molecule has 0 fully saturated rings. The van der Waals surface area contributed by atoms with Crippen LogP contribution >= 0.6 is 0 Å². The lowest BCUT2D eigenvalue weighted by Crippen LogP contribution is -1.79. The van der Waals surface area contributed by atoms with Crippen LogP contribution in [0.1, 0.15) is 18.1 Å². The van der Waals surface area contributed by atoms with Gasteiger partial charge in [0.15, 0.2) is 0 Å². The highest BCUT2D eigenvalue weighted by atomic mass is 14.6. The third kappa shape index (κ3) is 2.43. The van der Waals surface area contributed by atoms with Crippen molar-refractivity contribution in [2.75, 3.05) is 0 Å². The molecular formula is C10H12N+. The molecule has 0 aliphatic carbocycles. The van der Waals surface area contributed by atoms with Crippen molar-refractivity contribution in [3.8, 4) is 6.07 Å². The van der Waals surface area contributed by atoms with Crippen LogP contribution in [-0.2, 0) is 6.54 Å². The fourth-order valence-electron chi connectivity index (χ4n) is 0.981. The molecule has 0 radical (unpaired) electrons. The number of benzene rings is 1. The Balaban J connectivity index is 2.76. The summed E-state index contributed by atoms with van der Waals surface area (Å²) in [5, 5.41) is 0. The first-order chi connectivity index (χ1) is 5.33. The molecule has 1 aromatic carbocycles. The molecule has 1 heteroatoms. The first-order valence-corrected chi connectivity index (χ1v) is 3.71. The second-order valence-corrected chi connectivity index (χ2v) is 2.53. The smallest absolute Gasteiger partial charge is 0.0788 e. The van der Waals surface area contributed by atoms with Gasteiger partial charge < -0.3 is 0 Å². The minimum Gasteiger partial charge on any atom is -0.0788 e. The van der Waals surface area contributed by atoms with E-state index in [1.165, 1.54) is 11.1 Å². The van der Waals surface area contributed by atoms with Gasteiger partial charge in [-0.15, -0.1) is 0 Å². The molecule has 11 heavy (non-hydrogen) atoms. The second kappa shape index (κ2) is 3.78. The largest absolute Gasteiger partial charge is 0.288 e. The van der Waals surface area contributed by atoms with E-state index >= 15 is 0 Å². The summed E-state index contributed by atoms with van der Waals surface area (Å²) in [6.45, 7) is 4.65. The Kier molecular flexibility index (Phi) is 2.68. The molecule has 1 aromatic rings. The average molecular weight is 146 g/mol. The van der Waals surface area contributed by atoms with Crippen LogP contribution in [0.5, 0.6) is 0 Å². The van der Waals surface area contributed by atoms with Crippen LogP contribution in [-0.4, -0.2) is 0 Å². The molecule has 0 amide bonds. The maximum atomic E-state index is 4.03. The zero-order valence-corrected chi connectivity index (χ0v) is 6.96. The molecule has 0 heterocycles. The summed E-state index contributed by atoms with van der Waals surface area (Å²) < 4.78 is 0. The van der Waals surface area contributed by atoms with Gasteiger partial charge in [0.25, 0.3) is 12.6 Å². The Morgan fingerprint density at radius 1 is 1.45 bits per heavy atom. The molecule has 0 spiro atoms. The number of nitrogens with zero attached hydrogens (tertiary/aromatic N) is 1. The molecule has 0 bridgehead atoms. The van der Waals surface area contributed by atoms with Gasteiger partial charge in [-0.05, 0) is 13.0 Å². The molecule has 0 unspecified atom stereocenters. The molecule has 0 aromatic heterocycles. The molecule has 0 saturated carbocycles. The first-order valence-electron chi connectivity index (χ1n) is 3.71. The molecule has 1 rings (SSSR count). The van der Waals surface area contributed by atoms with E-state index in [4.69, 9.17) is 0 Å². The molecule has 1 nitrogen and oxygen atoms in total. The van der Waals surface area contributed by atoms with Crippen LogP contribution in [0.25, 0.3) is 4.85 Å². The predicted molar refractivity (Wildman–Crippen MR) is 47.8 cm³/mol. The summed E-state index contributed by atoms with van der Waals surface area (Å²) >= 11 is 0. The van der Waals surface area contributed by atoms with Crippen molar-refractivity contribution in [3.63, 3.8) is 0 Å². The second-order valence-electron chi connectivity index (χ2n) is 2.53. The third-order valence-electron chi connectivity index (χ3n) is 1.50. The van der Waals surface area contributed by atoms with Gasteiger partial charge in [0.05, 0.1) is 6.92 Å². The van der Waals surface area contributed by atoms with Crippen LogP contribution in [0.15, 0.2) is 24.3 Å². The summed E-state index contributed by atoms with van der Waals surface area (Å²) in [5.74, 6) is 0. The van der Waals surface area contributed by atoms with Gasteiger partial charge in [0.2, 0.25) is 0 Å².